The Morgan fingerprint density at radius 2 is 2.08 bits per heavy atom. The molecule has 0 radical (unpaired) electrons. The maximum absolute atomic E-state index is 12.5. The lowest BCUT2D eigenvalue weighted by atomic mass is 9.97. The number of nitrogens with zero attached hydrogens (tertiary/aromatic N) is 4. The molecule has 0 unspecified atom stereocenters. The molecule has 0 spiro atoms. The molecule has 1 N–H and O–H groups in total. The summed E-state index contributed by atoms with van der Waals surface area (Å²) in [4.78, 5) is 15.9. The van der Waals surface area contributed by atoms with Crippen molar-refractivity contribution in [2.24, 2.45) is 5.92 Å². The number of piperidine rings is 1. The largest absolute Gasteiger partial charge is 0.351 e. The van der Waals surface area contributed by atoms with E-state index in [0.29, 0.717) is 13.1 Å². The Bertz CT molecular complexity index is 812. The van der Waals surface area contributed by atoms with Crippen molar-refractivity contribution < 1.29 is 4.79 Å². The van der Waals surface area contributed by atoms with Crippen LogP contribution in [0.4, 0.5) is 5.13 Å². The summed E-state index contributed by atoms with van der Waals surface area (Å²) in [6.45, 7) is 2.25. The summed E-state index contributed by atoms with van der Waals surface area (Å²) >= 11 is 3.23. The highest BCUT2D eigenvalue weighted by molar-refractivity contribution is 7.17. The van der Waals surface area contributed by atoms with E-state index in [4.69, 9.17) is 0 Å². The van der Waals surface area contributed by atoms with Crippen LogP contribution in [0, 0.1) is 5.92 Å². The molecule has 1 fully saturated rings. The van der Waals surface area contributed by atoms with Crippen molar-refractivity contribution >= 4 is 33.7 Å². The van der Waals surface area contributed by atoms with Crippen molar-refractivity contribution in [3.8, 4) is 5.13 Å². The summed E-state index contributed by atoms with van der Waals surface area (Å²) in [5.74, 6) is 0.140. The van der Waals surface area contributed by atoms with E-state index >= 15 is 0 Å². The molecule has 0 aromatic carbocycles. The Morgan fingerprint density at radius 1 is 1.24 bits per heavy atom. The molecule has 1 saturated heterocycles. The van der Waals surface area contributed by atoms with Crippen molar-refractivity contribution in [3.05, 3.63) is 46.9 Å². The molecular weight excluding hydrogens is 354 g/mol. The van der Waals surface area contributed by atoms with Gasteiger partial charge >= 0.3 is 0 Å². The number of carbonyl (C=O) groups excluding carboxylic acids is 1. The minimum atomic E-state index is 0.00707. The number of amides is 1. The number of aromatic nitrogens is 3. The van der Waals surface area contributed by atoms with E-state index in [1.54, 1.807) is 22.7 Å². The average Bonchev–Trinajstić information content (AvgIpc) is 3.41. The first-order valence-electron chi connectivity index (χ1n) is 8.31. The van der Waals surface area contributed by atoms with Crippen molar-refractivity contribution in [1.29, 1.82) is 0 Å². The van der Waals surface area contributed by atoms with Crippen LogP contribution < -0.4 is 10.2 Å². The van der Waals surface area contributed by atoms with Crippen LogP contribution >= 0.6 is 22.7 Å². The summed E-state index contributed by atoms with van der Waals surface area (Å²) < 4.78 is 1.95. The number of hydrogen-bond acceptors (Lipinski definition) is 6. The first-order valence-corrected chi connectivity index (χ1v) is 10.0. The zero-order valence-corrected chi connectivity index (χ0v) is 15.3. The molecule has 3 aromatic heterocycles. The summed E-state index contributed by atoms with van der Waals surface area (Å²) in [6, 6.07) is 7.99. The molecule has 0 bridgehead atoms. The zero-order chi connectivity index (χ0) is 17.1. The van der Waals surface area contributed by atoms with E-state index < -0.39 is 0 Å². The molecule has 8 heteroatoms. The molecule has 4 heterocycles. The van der Waals surface area contributed by atoms with Gasteiger partial charge < -0.3 is 10.2 Å². The molecule has 1 aliphatic heterocycles. The second kappa shape index (κ2) is 7.37. The molecule has 4 rings (SSSR count). The molecule has 3 aromatic rings. The van der Waals surface area contributed by atoms with Crippen LogP contribution in [-0.2, 0) is 11.3 Å². The van der Waals surface area contributed by atoms with Gasteiger partial charge in [0, 0.05) is 30.4 Å². The van der Waals surface area contributed by atoms with Crippen LogP contribution in [0.5, 0.6) is 0 Å². The smallest absolute Gasteiger partial charge is 0.225 e. The SMILES string of the molecule is O=C(NCc1cccs1)[C@@H]1CCCN(c2nnc(-n3cccc3)s2)C1. The molecule has 130 valence electrons. The highest BCUT2D eigenvalue weighted by Gasteiger charge is 2.27. The Balaban J connectivity index is 1.38. The van der Waals surface area contributed by atoms with Gasteiger partial charge in [-0.1, -0.05) is 17.4 Å². The van der Waals surface area contributed by atoms with E-state index in [0.717, 1.165) is 29.6 Å². The van der Waals surface area contributed by atoms with E-state index in [1.807, 2.05) is 46.6 Å². The lowest BCUT2D eigenvalue weighted by molar-refractivity contribution is -0.125. The number of carbonyl (C=O) groups is 1. The van der Waals surface area contributed by atoms with E-state index in [-0.39, 0.29) is 11.8 Å². The molecular formula is C17H19N5OS2. The molecule has 1 atom stereocenters. The number of hydrogen-bond donors (Lipinski definition) is 1. The molecule has 25 heavy (non-hydrogen) atoms. The van der Waals surface area contributed by atoms with Gasteiger partial charge in [0.05, 0.1) is 12.5 Å². The van der Waals surface area contributed by atoms with Crippen molar-refractivity contribution in [3.63, 3.8) is 0 Å². The fourth-order valence-electron chi connectivity index (χ4n) is 3.00. The minimum absolute atomic E-state index is 0.00707. The second-order valence-electron chi connectivity index (χ2n) is 6.04. The van der Waals surface area contributed by atoms with E-state index in [9.17, 15) is 4.79 Å². The predicted molar refractivity (Wildman–Crippen MR) is 100 cm³/mol. The lowest BCUT2D eigenvalue weighted by Gasteiger charge is -2.31. The summed E-state index contributed by atoms with van der Waals surface area (Å²) in [5.41, 5.74) is 0. The third-order valence-corrected chi connectivity index (χ3v) is 6.18. The van der Waals surface area contributed by atoms with Gasteiger partial charge in [0.1, 0.15) is 0 Å². The third kappa shape index (κ3) is 3.74. The molecule has 0 aliphatic carbocycles. The van der Waals surface area contributed by atoms with Gasteiger partial charge in [0.2, 0.25) is 16.2 Å². The van der Waals surface area contributed by atoms with Crippen LogP contribution in [-0.4, -0.2) is 33.8 Å². The van der Waals surface area contributed by atoms with Gasteiger partial charge in [-0.3, -0.25) is 9.36 Å². The van der Waals surface area contributed by atoms with Crippen LogP contribution in [0.25, 0.3) is 5.13 Å². The van der Waals surface area contributed by atoms with Crippen LogP contribution in [0.1, 0.15) is 17.7 Å². The zero-order valence-electron chi connectivity index (χ0n) is 13.7. The number of thiophene rings is 1. The fraction of sp³-hybridized carbons (Fsp3) is 0.353. The van der Waals surface area contributed by atoms with Crippen molar-refractivity contribution in [2.75, 3.05) is 18.0 Å². The Hall–Kier alpha value is -2.19. The first-order chi connectivity index (χ1) is 12.3. The quantitative estimate of drug-likeness (QED) is 0.747. The van der Waals surface area contributed by atoms with Crippen LogP contribution in [0.15, 0.2) is 42.0 Å². The molecule has 0 saturated carbocycles. The number of rotatable bonds is 5. The number of nitrogens with one attached hydrogen (secondary N) is 1. The normalized spacial score (nSPS) is 17.6. The highest BCUT2D eigenvalue weighted by atomic mass is 32.1. The summed E-state index contributed by atoms with van der Waals surface area (Å²) in [7, 11) is 0. The lowest BCUT2D eigenvalue weighted by Crippen LogP contribution is -2.42. The first kappa shape index (κ1) is 16.3. The van der Waals surface area contributed by atoms with Gasteiger partial charge in [-0.25, -0.2) is 0 Å². The molecule has 1 aliphatic rings. The van der Waals surface area contributed by atoms with Gasteiger partial charge in [-0.05, 0) is 36.4 Å². The maximum Gasteiger partial charge on any atom is 0.225 e. The highest BCUT2D eigenvalue weighted by Crippen LogP contribution is 2.28. The van der Waals surface area contributed by atoms with Gasteiger partial charge in [0.25, 0.3) is 0 Å². The van der Waals surface area contributed by atoms with Crippen LogP contribution in [0.3, 0.4) is 0 Å². The van der Waals surface area contributed by atoms with E-state index in [1.165, 1.54) is 4.88 Å². The average molecular weight is 374 g/mol. The van der Waals surface area contributed by atoms with Crippen molar-refractivity contribution in [2.45, 2.75) is 19.4 Å². The topological polar surface area (TPSA) is 63.1 Å². The number of anilines is 1. The summed E-state index contributed by atoms with van der Waals surface area (Å²) in [6.07, 6.45) is 5.84. The third-order valence-electron chi connectivity index (χ3n) is 4.31. The summed E-state index contributed by atoms with van der Waals surface area (Å²) in [5, 5.41) is 15.4. The maximum atomic E-state index is 12.5. The molecule has 6 nitrogen and oxygen atoms in total. The van der Waals surface area contributed by atoms with Crippen LogP contribution in [0.2, 0.25) is 0 Å². The minimum Gasteiger partial charge on any atom is -0.351 e. The monoisotopic (exact) mass is 373 g/mol. The standard InChI is InChI=1S/C17H19N5OS2/c23-15(18-11-14-6-4-10-24-14)13-5-3-9-22(12-13)17-20-19-16(25-17)21-7-1-2-8-21/h1-2,4,6-8,10,13H,3,5,9,11-12H2,(H,18,23)/t13-/m1/s1. The Kier molecular flexibility index (Phi) is 4.80. The Labute approximate surface area is 154 Å². The fourth-order valence-corrected chi connectivity index (χ4v) is 4.49. The van der Waals surface area contributed by atoms with Gasteiger partial charge in [0.15, 0.2) is 0 Å². The van der Waals surface area contributed by atoms with Gasteiger partial charge in [-0.15, -0.1) is 21.5 Å². The predicted octanol–water partition coefficient (Wildman–Crippen LogP) is 2.92. The second-order valence-corrected chi connectivity index (χ2v) is 8.01. The Morgan fingerprint density at radius 3 is 2.88 bits per heavy atom. The van der Waals surface area contributed by atoms with Gasteiger partial charge in [-0.2, -0.15) is 0 Å². The molecule has 1 amide bonds. The van der Waals surface area contributed by atoms with E-state index in [2.05, 4.69) is 20.4 Å². The van der Waals surface area contributed by atoms with Crippen molar-refractivity contribution in [1.82, 2.24) is 20.1 Å².